The highest BCUT2D eigenvalue weighted by Gasteiger charge is 2.07. The van der Waals surface area contributed by atoms with Crippen molar-refractivity contribution < 1.29 is 9.84 Å². The minimum Gasteiger partial charge on any atom is -0.496 e. The minimum atomic E-state index is -0.468. The molecule has 78 valence electrons. The van der Waals surface area contributed by atoms with E-state index in [1.165, 1.54) is 0 Å². The van der Waals surface area contributed by atoms with E-state index in [-0.39, 0.29) is 0 Å². The molecule has 3 heteroatoms. The Morgan fingerprint density at radius 2 is 2.21 bits per heavy atom. The van der Waals surface area contributed by atoms with Gasteiger partial charge in [-0.15, -0.1) is 0 Å². The van der Waals surface area contributed by atoms with E-state index in [9.17, 15) is 5.11 Å². The molecule has 0 amide bonds. The van der Waals surface area contributed by atoms with Gasteiger partial charge in [-0.25, -0.2) is 0 Å². The molecular formula is C11H17NO2. The summed E-state index contributed by atoms with van der Waals surface area (Å²) < 4.78 is 5.13. The molecule has 0 aliphatic heterocycles. The van der Waals surface area contributed by atoms with Crippen molar-refractivity contribution in [1.82, 2.24) is 0 Å². The van der Waals surface area contributed by atoms with Gasteiger partial charge < -0.3 is 15.6 Å². The summed E-state index contributed by atoms with van der Waals surface area (Å²) in [6.07, 6.45) is 0.121. The lowest BCUT2D eigenvalue weighted by Gasteiger charge is -2.12. The Morgan fingerprint density at radius 1 is 1.50 bits per heavy atom. The molecule has 1 aromatic carbocycles. The average Bonchev–Trinajstić information content (AvgIpc) is 2.18. The van der Waals surface area contributed by atoms with E-state index in [1.54, 1.807) is 7.11 Å². The summed E-state index contributed by atoms with van der Waals surface area (Å²) in [5, 5.41) is 9.69. The molecule has 0 saturated heterocycles. The monoisotopic (exact) mass is 195 g/mol. The molecule has 0 fully saturated rings. The van der Waals surface area contributed by atoms with Crippen LogP contribution in [0.25, 0.3) is 0 Å². The molecule has 3 nitrogen and oxygen atoms in total. The van der Waals surface area contributed by atoms with Crippen molar-refractivity contribution in [2.75, 3.05) is 13.7 Å². The summed E-state index contributed by atoms with van der Waals surface area (Å²) in [5.41, 5.74) is 7.30. The molecule has 3 N–H and O–H groups in total. The minimum absolute atomic E-state index is 0.468. The van der Waals surface area contributed by atoms with Crippen molar-refractivity contribution in [2.24, 2.45) is 5.73 Å². The molecule has 1 aromatic rings. The zero-order valence-corrected chi connectivity index (χ0v) is 8.66. The first-order valence-electron chi connectivity index (χ1n) is 4.71. The second kappa shape index (κ2) is 4.98. The second-order valence-corrected chi connectivity index (χ2v) is 3.32. The maximum Gasteiger partial charge on any atom is 0.121 e. The van der Waals surface area contributed by atoms with Gasteiger partial charge in [0.05, 0.1) is 13.2 Å². The molecule has 0 heterocycles. The number of aliphatic hydroxyl groups excluding tert-OH is 1. The van der Waals surface area contributed by atoms with Crippen molar-refractivity contribution in [3.05, 3.63) is 29.3 Å². The van der Waals surface area contributed by atoms with Gasteiger partial charge in [-0.05, 0) is 43.1 Å². The summed E-state index contributed by atoms with van der Waals surface area (Å²) in [4.78, 5) is 0. The summed E-state index contributed by atoms with van der Waals surface area (Å²) in [5.74, 6) is 0.841. The van der Waals surface area contributed by atoms with Crippen molar-refractivity contribution in [2.45, 2.75) is 19.4 Å². The van der Waals surface area contributed by atoms with Crippen LogP contribution in [0.5, 0.6) is 5.75 Å². The maximum atomic E-state index is 9.69. The van der Waals surface area contributed by atoms with Crippen LogP contribution in [0, 0.1) is 6.92 Å². The van der Waals surface area contributed by atoms with Crippen LogP contribution in [0.3, 0.4) is 0 Å². The van der Waals surface area contributed by atoms with Crippen molar-refractivity contribution >= 4 is 0 Å². The molecule has 0 radical (unpaired) electrons. The fourth-order valence-corrected chi connectivity index (χ4v) is 1.43. The molecule has 14 heavy (non-hydrogen) atoms. The second-order valence-electron chi connectivity index (χ2n) is 3.32. The Bertz CT molecular complexity index is 299. The van der Waals surface area contributed by atoms with Crippen LogP contribution in [0.2, 0.25) is 0 Å². The smallest absolute Gasteiger partial charge is 0.121 e. The van der Waals surface area contributed by atoms with Crippen LogP contribution in [0.1, 0.15) is 23.7 Å². The number of methoxy groups -OCH3 is 1. The number of rotatable bonds is 4. The molecule has 0 bridgehead atoms. The molecule has 0 aliphatic rings. The Balaban J connectivity index is 2.85. The molecular weight excluding hydrogens is 178 g/mol. The normalized spacial score (nSPS) is 12.6. The van der Waals surface area contributed by atoms with Gasteiger partial charge >= 0.3 is 0 Å². The van der Waals surface area contributed by atoms with Gasteiger partial charge in [-0.1, -0.05) is 6.07 Å². The van der Waals surface area contributed by atoms with Crippen LogP contribution in [0.15, 0.2) is 18.2 Å². The van der Waals surface area contributed by atoms with Gasteiger partial charge in [-0.3, -0.25) is 0 Å². The van der Waals surface area contributed by atoms with Crippen molar-refractivity contribution in [3.63, 3.8) is 0 Å². The third-order valence-electron chi connectivity index (χ3n) is 2.24. The molecule has 0 spiro atoms. The first-order chi connectivity index (χ1) is 6.69. The predicted octanol–water partition coefficient (Wildman–Crippen LogP) is 1.39. The number of aryl methyl sites for hydroxylation is 1. The first kappa shape index (κ1) is 11.0. The zero-order chi connectivity index (χ0) is 10.6. The molecule has 0 saturated carbocycles. The maximum absolute atomic E-state index is 9.69. The van der Waals surface area contributed by atoms with E-state index in [0.29, 0.717) is 13.0 Å². The molecule has 0 aliphatic carbocycles. The lowest BCUT2D eigenvalue weighted by atomic mass is 10.0. The van der Waals surface area contributed by atoms with Gasteiger partial charge in [-0.2, -0.15) is 0 Å². The topological polar surface area (TPSA) is 55.5 Å². The highest BCUT2D eigenvalue weighted by atomic mass is 16.5. The van der Waals surface area contributed by atoms with Gasteiger partial charge in [0.2, 0.25) is 0 Å². The van der Waals surface area contributed by atoms with E-state index in [1.807, 2.05) is 25.1 Å². The van der Waals surface area contributed by atoms with Crippen LogP contribution in [0.4, 0.5) is 0 Å². The summed E-state index contributed by atoms with van der Waals surface area (Å²) in [7, 11) is 1.64. The van der Waals surface area contributed by atoms with E-state index in [2.05, 4.69) is 0 Å². The highest BCUT2D eigenvalue weighted by Crippen LogP contribution is 2.23. The fraction of sp³-hybridized carbons (Fsp3) is 0.455. The lowest BCUT2D eigenvalue weighted by Crippen LogP contribution is -2.06. The first-order valence-corrected chi connectivity index (χ1v) is 4.71. The summed E-state index contributed by atoms with van der Waals surface area (Å²) >= 11 is 0. The quantitative estimate of drug-likeness (QED) is 0.763. The summed E-state index contributed by atoms with van der Waals surface area (Å²) in [6.45, 7) is 2.45. The van der Waals surface area contributed by atoms with Gasteiger partial charge in [0.25, 0.3) is 0 Å². The number of aliphatic hydroxyl groups is 1. The average molecular weight is 195 g/mol. The Hall–Kier alpha value is -1.06. The fourth-order valence-electron chi connectivity index (χ4n) is 1.43. The molecule has 0 aromatic heterocycles. The van der Waals surface area contributed by atoms with E-state index in [4.69, 9.17) is 10.5 Å². The number of nitrogens with two attached hydrogens (primary N) is 1. The predicted molar refractivity (Wildman–Crippen MR) is 56.4 cm³/mol. The molecule has 1 atom stereocenters. The standard InChI is InChI=1S/C11H17NO2/c1-8-7-9(10(13)5-6-12)3-4-11(8)14-2/h3-4,7,10,13H,5-6,12H2,1-2H3/t10-/m0/s1. The number of benzene rings is 1. The van der Waals surface area contributed by atoms with Gasteiger partial charge in [0.15, 0.2) is 0 Å². The van der Waals surface area contributed by atoms with E-state index in [0.717, 1.165) is 16.9 Å². The van der Waals surface area contributed by atoms with Crippen LogP contribution < -0.4 is 10.5 Å². The lowest BCUT2D eigenvalue weighted by molar-refractivity contribution is 0.170. The number of hydrogen-bond donors (Lipinski definition) is 2. The van der Waals surface area contributed by atoms with Crippen molar-refractivity contribution in [1.29, 1.82) is 0 Å². The van der Waals surface area contributed by atoms with E-state index < -0.39 is 6.10 Å². The largest absolute Gasteiger partial charge is 0.496 e. The molecule has 1 rings (SSSR count). The van der Waals surface area contributed by atoms with Gasteiger partial charge in [0.1, 0.15) is 5.75 Å². The van der Waals surface area contributed by atoms with Gasteiger partial charge in [0, 0.05) is 0 Å². The van der Waals surface area contributed by atoms with Crippen LogP contribution in [-0.4, -0.2) is 18.8 Å². The van der Waals surface area contributed by atoms with Crippen molar-refractivity contribution in [3.8, 4) is 5.75 Å². The van der Waals surface area contributed by atoms with Crippen LogP contribution >= 0.6 is 0 Å². The Kier molecular flexibility index (Phi) is 3.92. The van der Waals surface area contributed by atoms with E-state index >= 15 is 0 Å². The Labute approximate surface area is 84.5 Å². The third kappa shape index (κ3) is 2.47. The zero-order valence-electron chi connectivity index (χ0n) is 8.66. The number of ether oxygens (including phenoxy) is 1. The highest BCUT2D eigenvalue weighted by molar-refractivity contribution is 5.36. The number of hydrogen-bond acceptors (Lipinski definition) is 3. The summed E-state index contributed by atoms with van der Waals surface area (Å²) in [6, 6.07) is 5.66. The molecule has 0 unspecified atom stereocenters. The van der Waals surface area contributed by atoms with Crippen LogP contribution in [-0.2, 0) is 0 Å². The SMILES string of the molecule is COc1ccc([C@@H](O)CCN)cc1C. The third-order valence-corrected chi connectivity index (χ3v) is 2.24. The Morgan fingerprint density at radius 3 is 2.71 bits per heavy atom.